The second-order valence-corrected chi connectivity index (χ2v) is 7.26. The molecule has 0 radical (unpaired) electrons. The zero-order chi connectivity index (χ0) is 19.2. The maximum atomic E-state index is 5.97. The van der Waals surface area contributed by atoms with E-state index in [4.69, 9.17) is 9.73 Å². The molecule has 27 heavy (non-hydrogen) atoms. The molecule has 1 aliphatic rings. The van der Waals surface area contributed by atoms with Gasteiger partial charge in [0.05, 0.1) is 19.3 Å². The Morgan fingerprint density at radius 2 is 2.30 bits per heavy atom. The lowest BCUT2D eigenvalue weighted by Crippen LogP contribution is -2.48. The predicted octanol–water partition coefficient (Wildman–Crippen LogP) is 2.87. The summed E-state index contributed by atoms with van der Waals surface area (Å²) in [6.45, 7) is 10.4. The summed E-state index contributed by atoms with van der Waals surface area (Å²) in [5.41, 5.74) is 3.75. The molecule has 1 fully saturated rings. The minimum Gasteiger partial charge on any atom is -0.370 e. The van der Waals surface area contributed by atoms with Gasteiger partial charge in [-0.2, -0.15) is 5.10 Å². The summed E-state index contributed by atoms with van der Waals surface area (Å²) < 4.78 is 7.79. The van der Waals surface area contributed by atoms with Crippen LogP contribution in [0.3, 0.4) is 0 Å². The summed E-state index contributed by atoms with van der Waals surface area (Å²) in [5, 5.41) is 7.72. The largest absolute Gasteiger partial charge is 0.370 e. The van der Waals surface area contributed by atoms with Crippen LogP contribution in [0.5, 0.6) is 0 Å². The molecular weight excluding hydrogens is 338 g/mol. The molecule has 2 aromatic rings. The van der Waals surface area contributed by atoms with Crippen molar-refractivity contribution in [1.29, 1.82) is 0 Å². The number of nitrogens with one attached hydrogen (secondary N) is 1. The normalized spacial score (nSPS) is 19.2. The van der Waals surface area contributed by atoms with Gasteiger partial charge in [-0.05, 0) is 19.4 Å². The van der Waals surface area contributed by atoms with Gasteiger partial charge < -0.3 is 15.0 Å². The molecule has 3 rings (SSSR count). The number of hydrogen-bond acceptors (Lipinski definition) is 3. The van der Waals surface area contributed by atoms with Crippen molar-refractivity contribution in [3.63, 3.8) is 0 Å². The van der Waals surface area contributed by atoms with Crippen molar-refractivity contribution in [2.24, 2.45) is 12.0 Å². The molecular formula is C21H31N5O. The molecule has 6 nitrogen and oxygen atoms in total. The fourth-order valence-electron chi connectivity index (χ4n) is 3.38. The lowest BCUT2D eigenvalue weighted by atomic mass is 10.00. The van der Waals surface area contributed by atoms with Crippen LogP contribution in [-0.4, -0.2) is 53.4 Å². The van der Waals surface area contributed by atoms with Gasteiger partial charge in [-0.15, -0.1) is 0 Å². The van der Waals surface area contributed by atoms with Crippen LogP contribution in [0, 0.1) is 6.92 Å². The Kier molecular flexibility index (Phi) is 6.50. The van der Waals surface area contributed by atoms with Crippen LogP contribution in [0.2, 0.25) is 0 Å². The third-order valence-electron chi connectivity index (χ3n) is 4.92. The smallest absolute Gasteiger partial charge is 0.194 e. The molecule has 2 unspecified atom stereocenters. The van der Waals surface area contributed by atoms with Crippen LogP contribution in [0.15, 0.2) is 41.7 Å². The number of morpholine rings is 1. The topological polar surface area (TPSA) is 54.7 Å². The zero-order valence-corrected chi connectivity index (χ0v) is 16.9. The van der Waals surface area contributed by atoms with Crippen LogP contribution in [0.25, 0.3) is 0 Å². The van der Waals surface area contributed by atoms with E-state index in [1.54, 1.807) is 0 Å². The van der Waals surface area contributed by atoms with Gasteiger partial charge in [0, 0.05) is 44.4 Å². The van der Waals surface area contributed by atoms with E-state index in [1.807, 2.05) is 24.1 Å². The fourth-order valence-corrected chi connectivity index (χ4v) is 3.38. The van der Waals surface area contributed by atoms with Crippen molar-refractivity contribution in [2.75, 3.05) is 32.8 Å². The van der Waals surface area contributed by atoms with Crippen LogP contribution in [0.4, 0.5) is 0 Å². The highest BCUT2D eigenvalue weighted by molar-refractivity contribution is 5.80. The zero-order valence-electron chi connectivity index (χ0n) is 16.9. The molecule has 0 amide bonds. The molecule has 0 bridgehead atoms. The van der Waals surface area contributed by atoms with E-state index in [2.05, 4.69) is 60.4 Å². The van der Waals surface area contributed by atoms with Gasteiger partial charge in [0.15, 0.2) is 5.96 Å². The minimum atomic E-state index is 0.0329. The monoisotopic (exact) mass is 369 g/mol. The van der Waals surface area contributed by atoms with Crippen LogP contribution in [0.1, 0.15) is 42.6 Å². The standard InChI is InChI=1S/C21H31N5O/c1-5-22-21(23-12-17(3)18-8-6-7-16(2)11-18)26-9-10-27-20(15-26)19-13-24-25(4)14-19/h6-8,11,13-14,17,20H,5,9-10,12,15H2,1-4H3,(H,22,23). The summed E-state index contributed by atoms with van der Waals surface area (Å²) in [6, 6.07) is 8.69. The number of guanidine groups is 1. The molecule has 2 heterocycles. The number of rotatable bonds is 5. The second kappa shape index (κ2) is 9.04. The first-order valence-corrected chi connectivity index (χ1v) is 9.76. The summed E-state index contributed by atoms with van der Waals surface area (Å²) in [5.74, 6) is 1.35. The fraction of sp³-hybridized carbons (Fsp3) is 0.524. The van der Waals surface area contributed by atoms with Crippen molar-refractivity contribution < 1.29 is 4.74 Å². The third kappa shape index (κ3) is 5.10. The third-order valence-corrected chi connectivity index (χ3v) is 4.92. The SMILES string of the molecule is CCNC(=NCC(C)c1cccc(C)c1)N1CCOC(c2cnn(C)c2)C1. The Hall–Kier alpha value is -2.34. The number of ether oxygens (including phenoxy) is 1. The van der Waals surface area contributed by atoms with Gasteiger partial charge in [-0.25, -0.2) is 0 Å². The molecule has 0 spiro atoms. The number of benzene rings is 1. The number of aromatic nitrogens is 2. The lowest BCUT2D eigenvalue weighted by Gasteiger charge is -2.35. The number of aryl methyl sites for hydroxylation is 2. The van der Waals surface area contributed by atoms with Gasteiger partial charge in [-0.3, -0.25) is 9.67 Å². The van der Waals surface area contributed by atoms with Crippen LogP contribution < -0.4 is 5.32 Å². The number of hydrogen-bond donors (Lipinski definition) is 1. The van der Waals surface area contributed by atoms with Gasteiger partial charge in [-0.1, -0.05) is 36.8 Å². The first-order chi connectivity index (χ1) is 13.1. The van der Waals surface area contributed by atoms with Crippen molar-refractivity contribution in [1.82, 2.24) is 20.0 Å². The molecule has 1 aromatic heterocycles. The highest BCUT2D eigenvalue weighted by Crippen LogP contribution is 2.22. The van der Waals surface area contributed by atoms with E-state index in [-0.39, 0.29) is 6.10 Å². The Balaban J connectivity index is 1.69. The van der Waals surface area contributed by atoms with E-state index in [0.29, 0.717) is 12.5 Å². The molecule has 1 N–H and O–H groups in total. The molecule has 146 valence electrons. The Morgan fingerprint density at radius 3 is 3.00 bits per heavy atom. The predicted molar refractivity (Wildman–Crippen MR) is 109 cm³/mol. The van der Waals surface area contributed by atoms with Crippen molar-refractivity contribution >= 4 is 5.96 Å². The summed E-state index contributed by atoms with van der Waals surface area (Å²) in [4.78, 5) is 7.23. The number of nitrogens with zero attached hydrogens (tertiary/aromatic N) is 4. The average molecular weight is 370 g/mol. The Bertz CT molecular complexity index is 769. The van der Waals surface area contributed by atoms with E-state index < -0.39 is 0 Å². The molecule has 1 aliphatic heterocycles. The van der Waals surface area contributed by atoms with Gasteiger partial charge in [0.2, 0.25) is 0 Å². The molecule has 0 saturated carbocycles. The molecule has 0 aliphatic carbocycles. The Morgan fingerprint density at radius 1 is 1.44 bits per heavy atom. The lowest BCUT2D eigenvalue weighted by molar-refractivity contribution is -0.00804. The molecule has 2 atom stereocenters. The minimum absolute atomic E-state index is 0.0329. The van der Waals surface area contributed by atoms with Gasteiger partial charge >= 0.3 is 0 Å². The maximum absolute atomic E-state index is 5.97. The highest BCUT2D eigenvalue weighted by atomic mass is 16.5. The molecule has 1 aromatic carbocycles. The molecule has 6 heteroatoms. The maximum Gasteiger partial charge on any atom is 0.194 e. The second-order valence-electron chi connectivity index (χ2n) is 7.26. The van der Waals surface area contributed by atoms with Crippen LogP contribution >= 0.6 is 0 Å². The first kappa shape index (κ1) is 19.4. The van der Waals surface area contributed by atoms with E-state index in [9.17, 15) is 0 Å². The van der Waals surface area contributed by atoms with Gasteiger partial charge in [0.1, 0.15) is 6.10 Å². The van der Waals surface area contributed by atoms with E-state index in [0.717, 1.165) is 37.7 Å². The quantitative estimate of drug-likeness (QED) is 0.650. The van der Waals surface area contributed by atoms with E-state index >= 15 is 0 Å². The average Bonchev–Trinajstić information content (AvgIpc) is 3.11. The van der Waals surface area contributed by atoms with Gasteiger partial charge in [0.25, 0.3) is 0 Å². The van der Waals surface area contributed by atoms with Crippen molar-refractivity contribution in [3.8, 4) is 0 Å². The summed E-state index contributed by atoms with van der Waals surface area (Å²) in [6.07, 6.45) is 3.95. The Labute approximate surface area is 162 Å². The van der Waals surface area contributed by atoms with Crippen LogP contribution in [-0.2, 0) is 11.8 Å². The highest BCUT2D eigenvalue weighted by Gasteiger charge is 2.25. The van der Waals surface area contributed by atoms with Crippen molar-refractivity contribution in [3.05, 3.63) is 53.3 Å². The summed E-state index contributed by atoms with van der Waals surface area (Å²) in [7, 11) is 1.93. The van der Waals surface area contributed by atoms with E-state index in [1.165, 1.54) is 11.1 Å². The first-order valence-electron chi connectivity index (χ1n) is 9.76. The summed E-state index contributed by atoms with van der Waals surface area (Å²) >= 11 is 0. The molecule has 1 saturated heterocycles. The number of aliphatic imine (C=N–C) groups is 1. The van der Waals surface area contributed by atoms with Crippen molar-refractivity contribution in [2.45, 2.75) is 32.8 Å².